The van der Waals surface area contributed by atoms with E-state index in [-0.39, 0.29) is 37.4 Å². The molecule has 0 spiro atoms. The highest BCUT2D eigenvalue weighted by Gasteiger charge is 2.28. The molecule has 7 nitrogen and oxygen atoms in total. The van der Waals surface area contributed by atoms with E-state index in [0.717, 1.165) is 42.4 Å². The molecular formula is C28H38ClN3O4S. The van der Waals surface area contributed by atoms with E-state index in [2.05, 4.69) is 5.32 Å². The number of sulfonamides is 1. The maximum atomic E-state index is 13.4. The number of amides is 2. The van der Waals surface area contributed by atoms with Gasteiger partial charge >= 0.3 is 0 Å². The molecule has 2 aromatic carbocycles. The number of rotatable bonds is 11. The largest absolute Gasteiger partial charge is 0.352 e. The number of nitrogens with zero attached hydrogens (tertiary/aromatic N) is 2. The second-order valence-electron chi connectivity index (χ2n) is 10.0. The van der Waals surface area contributed by atoms with Gasteiger partial charge in [0, 0.05) is 30.6 Å². The molecule has 0 unspecified atom stereocenters. The van der Waals surface area contributed by atoms with Gasteiger partial charge in [-0.2, -0.15) is 0 Å². The summed E-state index contributed by atoms with van der Waals surface area (Å²) >= 11 is 6.02. The molecule has 202 valence electrons. The third-order valence-electron chi connectivity index (χ3n) is 7.07. The molecule has 0 radical (unpaired) electrons. The lowest BCUT2D eigenvalue weighted by atomic mass is 10.1. The summed E-state index contributed by atoms with van der Waals surface area (Å²) in [5, 5.41) is 3.69. The Kier molecular flexibility index (Phi) is 10.0. The summed E-state index contributed by atoms with van der Waals surface area (Å²) < 4.78 is 26.4. The third kappa shape index (κ3) is 8.20. The van der Waals surface area contributed by atoms with Crippen molar-refractivity contribution in [3.63, 3.8) is 0 Å². The monoisotopic (exact) mass is 547 g/mol. The van der Waals surface area contributed by atoms with Crippen molar-refractivity contribution in [2.45, 2.75) is 77.9 Å². The predicted octanol–water partition coefficient (Wildman–Crippen LogP) is 4.98. The van der Waals surface area contributed by atoms with E-state index in [1.165, 1.54) is 10.6 Å². The Hall–Kier alpha value is -2.58. The average molecular weight is 548 g/mol. The lowest BCUT2D eigenvalue weighted by Crippen LogP contribution is -2.49. The maximum absolute atomic E-state index is 13.4. The van der Waals surface area contributed by atoms with Gasteiger partial charge in [-0.1, -0.05) is 42.6 Å². The fourth-order valence-corrected chi connectivity index (χ4v) is 5.73. The molecule has 1 aliphatic carbocycles. The fraction of sp³-hybridized carbons (Fsp3) is 0.500. The van der Waals surface area contributed by atoms with E-state index in [1.54, 1.807) is 30.0 Å². The smallest absolute Gasteiger partial charge is 0.242 e. The average Bonchev–Trinajstić information content (AvgIpc) is 3.35. The summed E-state index contributed by atoms with van der Waals surface area (Å²) in [6.07, 6.45) is 5.74. The predicted molar refractivity (Wildman–Crippen MR) is 149 cm³/mol. The summed E-state index contributed by atoms with van der Waals surface area (Å²) in [7, 11) is -3.53. The van der Waals surface area contributed by atoms with Gasteiger partial charge in [-0.05, 0) is 81.0 Å². The van der Waals surface area contributed by atoms with Crippen molar-refractivity contribution in [2.75, 3.05) is 17.1 Å². The normalized spacial score (nSPS) is 14.8. The highest BCUT2D eigenvalue weighted by atomic mass is 35.5. The van der Waals surface area contributed by atoms with Gasteiger partial charge in [0.25, 0.3) is 0 Å². The standard InChI is InChI=1S/C28H38ClN3O4S/c1-20-11-16-26(18-21(20)2)32(37(4,35)36)17-7-10-27(33)31(19-23-12-14-24(29)15-13-23)22(3)28(34)30-25-8-5-6-9-25/h11-16,18,22,25H,5-10,17,19H2,1-4H3,(H,30,34)/t22-/m1/s1. The van der Waals surface area contributed by atoms with Crippen LogP contribution in [-0.2, 0) is 26.2 Å². The van der Waals surface area contributed by atoms with E-state index in [0.29, 0.717) is 17.1 Å². The van der Waals surface area contributed by atoms with Crippen molar-refractivity contribution >= 4 is 39.1 Å². The molecule has 9 heteroatoms. The molecule has 0 aliphatic heterocycles. The van der Waals surface area contributed by atoms with Gasteiger partial charge in [0.1, 0.15) is 6.04 Å². The minimum atomic E-state index is -3.53. The summed E-state index contributed by atoms with van der Waals surface area (Å²) in [6, 6.07) is 12.2. The first kappa shape index (κ1) is 29.0. The Morgan fingerprint density at radius 3 is 2.30 bits per heavy atom. The molecule has 1 atom stereocenters. The zero-order chi connectivity index (χ0) is 27.2. The zero-order valence-corrected chi connectivity index (χ0v) is 23.7. The lowest BCUT2D eigenvalue weighted by molar-refractivity contribution is -0.141. The summed E-state index contributed by atoms with van der Waals surface area (Å²) in [4.78, 5) is 28.0. The minimum absolute atomic E-state index is 0.117. The number of benzene rings is 2. The molecule has 37 heavy (non-hydrogen) atoms. The van der Waals surface area contributed by atoms with Crippen LogP contribution in [0, 0.1) is 13.8 Å². The van der Waals surface area contributed by atoms with Crippen molar-refractivity contribution in [2.24, 2.45) is 0 Å². The van der Waals surface area contributed by atoms with Crippen LogP contribution in [0.15, 0.2) is 42.5 Å². The van der Waals surface area contributed by atoms with Crippen LogP contribution in [-0.4, -0.2) is 50.0 Å². The quantitative estimate of drug-likeness (QED) is 0.430. The first-order valence-electron chi connectivity index (χ1n) is 12.8. The Morgan fingerprint density at radius 2 is 1.70 bits per heavy atom. The number of hydrogen-bond acceptors (Lipinski definition) is 4. The first-order valence-corrected chi connectivity index (χ1v) is 15.1. The van der Waals surface area contributed by atoms with Gasteiger partial charge < -0.3 is 10.2 Å². The SMILES string of the molecule is Cc1ccc(N(CCCC(=O)N(Cc2ccc(Cl)cc2)[C@H](C)C(=O)NC2CCCC2)S(C)(=O)=O)cc1C. The Morgan fingerprint density at radius 1 is 1.05 bits per heavy atom. The van der Waals surface area contributed by atoms with Gasteiger partial charge in [-0.25, -0.2) is 8.42 Å². The van der Waals surface area contributed by atoms with Crippen molar-refractivity contribution in [1.82, 2.24) is 10.2 Å². The lowest BCUT2D eigenvalue weighted by Gasteiger charge is -2.30. The zero-order valence-electron chi connectivity index (χ0n) is 22.2. The van der Waals surface area contributed by atoms with E-state index < -0.39 is 16.1 Å². The molecule has 0 saturated heterocycles. The second kappa shape index (κ2) is 12.8. The van der Waals surface area contributed by atoms with Crippen LogP contribution in [0.2, 0.25) is 5.02 Å². The van der Waals surface area contributed by atoms with Crippen LogP contribution in [0.3, 0.4) is 0 Å². The summed E-state index contributed by atoms with van der Waals surface area (Å²) in [5.41, 5.74) is 3.53. The van der Waals surface area contributed by atoms with E-state index >= 15 is 0 Å². The van der Waals surface area contributed by atoms with Crippen LogP contribution in [0.4, 0.5) is 5.69 Å². The summed E-state index contributed by atoms with van der Waals surface area (Å²) in [6.45, 7) is 6.10. The van der Waals surface area contributed by atoms with Crippen LogP contribution >= 0.6 is 11.6 Å². The van der Waals surface area contributed by atoms with Crippen molar-refractivity contribution in [3.8, 4) is 0 Å². The molecule has 3 rings (SSSR count). The Labute approximate surface area is 226 Å². The van der Waals surface area contributed by atoms with Crippen molar-refractivity contribution in [1.29, 1.82) is 0 Å². The van der Waals surface area contributed by atoms with Crippen LogP contribution in [0.25, 0.3) is 0 Å². The van der Waals surface area contributed by atoms with Gasteiger partial charge in [-0.15, -0.1) is 0 Å². The van der Waals surface area contributed by atoms with Gasteiger partial charge in [0.15, 0.2) is 0 Å². The topological polar surface area (TPSA) is 86.8 Å². The number of hydrogen-bond donors (Lipinski definition) is 1. The molecule has 1 fully saturated rings. The van der Waals surface area contributed by atoms with Crippen LogP contribution < -0.4 is 9.62 Å². The number of aryl methyl sites for hydroxylation is 2. The molecule has 0 aromatic heterocycles. The molecule has 1 aliphatic rings. The Balaban J connectivity index is 1.72. The van der Waals surface area contributed by atoms with Gasteiger partial charge in [-0.3, -0.25) is 13.9 Å². The molecule has 2 amide bonds. The van der Waals surface area contributed by atoms with Crippen molar-refractivity contribution < 1.29 is 18.0 Å². The fourth-order valence-electron chi connectivity index (χ4n) is 4.65. The molecule has 1 saturated carbocycles. The molecule has 0 bridgehead atoms. The number of carbonyl (C=O) groups excluding carboxylic acids is 2. The van der Waals surface area contributed by atoms with E-state index in [1.807, 2.05) is 38.1 Å². The van der Waals surface area contributed by atoms with Crippen LogP contribution in [0.1, 0.15) is 62.1 Å². The second-order valence-corrected chi connectivity index (χ2v) is 12.4. The molecular weight excluding hydrogens is 510 g/mol. The Bertz CT molecular complexity index is 1190. The molecule has 2 aromatic rings. The highest BCUT2D eigenvalue weighted by molar-refractivity contribution is 7.92. The first-order chi connectivity index (χ1) is 17.5. The number of carbonyl (C=O) groups is 2. The van der Waals surface area contributed by atoms with Gasteiger partial charge in [0.2, 0.25) is 21.8 Å². The minimum Gasteiger partial charge on any atom is -0.352 e. The van der Waals surface area contributed by atoms with Crippen molar-refractivity contribution in [3.05, 3.63) is 64.2 Å². The number of anilines is 1. The van der Waals surface area contributed by atoms with Crippen LogP contribution in [0.5, 0.6) is 0 Å². The summed E-state index contributed by atoms with van der Waals surface area (Å²) in [5.74, 6) is -0.361. The maximum Gasteiger partial charge on any atom is 0.242 e. The third-order valence-corrected chi connectivity index (χ3v) is 8.51. The number of halogens is 1. The molecule has 0 heterocycles. The highest BCUT2D eigenvalue weighted by Crippen LogP contribution is 2.23. The number of nitrogens with one attached hydrogen (secondary N) is 1. The van der Waals surface area contributed by atoms with Gasteiger partial charge in [0.05, 0.1) is 11.9 Å². The molecule has 1 N–H and O–H groups in total. The van der Waals surface area contributed by atoms with E-state index in [4.69, 9.17) is 11.6 Å². The van der Waals surface area contributed by atoms with E-state index in [9.17, 15) is 18.0 Å².